The molecule has 0 saturated carbocycles. The summed E-state index contributed by atoms with van der Waals surface area (Å²) in [6.07, 6.45) is 5.91. The first-order chi connectivity index (χ1) is 19.6. The van der Waals surface area contributed by atoms with E-state index < -0.39 is 29.1 Å². The van der Waals surface area contributed by atoms with E-state index in [2.05, 4.69) is 12.6 Å². The molecule has 1 aliphatic heterocycles. The Labute approximate surface area is 253 Å². The lowest BCUT2D eigenvalue weighted by molar-refractivity contribution is -0.137. The number of amides is 2. The van der Waals surface area contributed by atoms with Crippen LogP contribution in [0.3, 0.4) is 0 Å². The van der Waals surface area contributed by atoms with Gasteiger partial charge in [0.2, 0.25) is 0 Å². The van der Waals surface area contributed by atoms with Crippen LogP contribution in [0.4, 0.5) is 20.6 Å². The van der Waals surface area contributed by atoms with Crippen LogP contribution >= 0.6 is 11.6 Å². The van der Waals surface area contributed by atoms with Crippen LogP contribution in [0.5, 0.6) is 5.75 Å². The van der Waals surface area contributed by atoms with Gasteiger partial charge in [0.15, 0.2) is 12.3 Å². The predicted molar refractivity (Wildman–Crippen MR) is 162 cm³/mol. The number of nitriles is 2. The third kappa shape index (κ3) is 8.74. The molecular formula is C31H39ClFN5O4. The summed E-state index contributed by atoms with van der Waals surface area (Å²) in [6.45, 7) is 12.3. The highest BCUT2D eigenvalue weighted by molar-refractivity contribution is 6.33. The maximum atomic E-state index is 13.6. The van der Waals surface area contributed by atoms with E-state index >= 15 is 0 Å². The lowest BCUT2D eigenvalue weighted by Crippen LogP contribution is -2.52. The van der Waals surface area contributed by atoms with Gasteiger partial charge in [-0.3, -0.25) is 14.6 Å². The molecule has 0 radical (unpaired) electrons. The van der Waals surface area contributed by atoms with E-state index in [-0.39, 0.29) is 29.7 Å². The average Bonchev–Trinajstić information content (AvgIpc) is 2.94. The average molecular weight is 600 g/mol. The molecule has 0 fully saturated rings. The van der Waals surface area contributed by atoms with Gasteiger partial charge in [-0.15, -0.1) is 0 Å². The summed E-state index contributed by atoms with van der Waals surface area (Å²) in [5.41, 5.74) is -0.250. The number of likely N-dealkylation sites (N-methyl/N-ethyl adjacent to an activating group) is 1. The number of carbonyl (C=O) groups is 2. The molecule has 9 nitrogen and oxygen atoms in total. The summed E-state index contributed by atoms with van der Waals surface area (Å²) in [5, 5.41) is 19.7. The van der Waals surface area contributed by atoms with Crippen LogP contribution in [0, 0.1) is 28.2 Å². The molecule has 1 aromatic rings. The molecule has 0 bridgehead atoms. The third-order valence-electron chi connectivity index (χ3n) is 6.89. The van der Waals surface area contributed by atoms with Crippen molar-refractivity contribution in [1.82, 2.24) is 4.90 Å². The molecule has 0 saturated heterocycles. The minimum atomic E-state index is -1.09. The van der Waals surface area contributed by atoms with Gasteiger partial charge in [-0.2, -0.15) is 10.5 Å². The number of allylic oxidation sites excluding steroid dienone is 5. The topological polar surface area (TPSA) is 110 Å². The van der Waals surface area contributed by atoms with Gasteiger partial charge >= 0.3 is 6.09 Å². The lowest BCUT2D eigenvalue weighted by Gasteiger charge is -2.37. The zero-order chi connectivity index (χ0) is 31.8. The maximum absolute atomic E-state index is 13.6. The van der Waals surface area contributed by atoms with Crippen molar-refractivity contribution in [3.05, 3.63) is 53.4 Å². The first kappa shape index (κ1) is 34.2. The molecule has 0 aliphatic carbocycles. The summed E-state index contributed by atoms with van der Waals surface area (Å²) in [4.78, 5) is 30.8. The number of anilines is 2. The van der Waals surface area contributed by atoms with Crippen molar-refractivity contribution in [2.45, 2.75) is 65.6 Å². The normalized spacial score (nSPS) is 16.6. The lowest BCUT2D eigenvalue weighted by atomic mass is 9.77. The van der Waals surface area contributed by atoms with E-state index in [0.29, 0.717) is 36.2 Å². The largest absolute Gasteiger partial charge is 0.476 e. The molecule has 0 spiro atoms. The van der Waals surface area contributed by atoms with Gasteiger partial charge in [0.05, 0.1) is 40.3 Å². The van der Waals surface area contributed by atoms with E-state index in [9.17, 15) is 24.5 Å². The van der Waals surface area contributed by atoms with E-state index in [1.54, 1.807) is 40.0 Å². The molecule has 42 heavy (non-hydrogen) atoms. The summed E-state index contributed by atoms with van der Waals surface area (Å²) < 4.78 is 24.9. The Morgan fingerprint density at radius 3 is 2.48 bits per heavy atom. The van der Waals surface area contributed by atoms with Gasteiger partial charge in [0.25, 0.3) is 5.91 Å². The number of nitrogens with zero attached hydrogens (tertiary/aromatic N) is 5. The smallest absolute Gasteiger partial charge is 0.415 e. The zero-order valence-corrected chi connectivity index (χ0v) is 26.1. The number of hydrogen-bond donors (Lipinski definition) is 0. The number of hydrogen-bond acceptors (Lipinski definition) is 7. The Morgan fingerprint density at radius 1 is 1.29 bits per heavy atom. The van der Waals surface area contributed by atoms with Gasteiger partial charge in [-0.25, -0.2) is 9.18 Å². The van der Waals surface area contributed by atoms with E-state index in [0.717, 1.165) is 0 Å². The van der Waals surface area contributed by atoms with Gasteiger partial charge < -0.3 is 14.4 Å². The summed E-state index contributed by atoms with van der Waals surface area (Å²) in [5.74, 6) is -0.572. The van der Waals surface area contributed by atoms with Crippen molar-refractivity contribution in [1.29, 1.82) is 10.5 Å². The van der Waals surface area contributed by atoms with Crippen molar-refractivity contribution in [3.63, 3.8) is 0 Å². The highest BCUT2D eigenvalue weighted by Crippen LogP contribution is 2.42. The van der Waals surface area contributed by atoms with E-state index in [1.807, 2.05) is 13.1 Å². The van der Waals surface area contributed by atoms with Crippen LogP contribution < -0.4 is 14.5 Å². The highest BCUT2D eigenvalue weighted by atomic mass is 35.5. The van der Waals surface area contributed by atoms with Gasteiger partial charge in [0.1, 0.15) is 11.4 Å². The monoisotopic (exact) mass is 599 g/mol. The second-order valence-corrected chi connectivity index (χ2v) is 11.7. The minimum Gasteiger partial charge on any atom is -0.476 e. The second kappa shape index (κ2) is 14.2. The first-order valence-electron chi connectivity index (χ1n) is 13.6. The predicted octanol–water partition coefficient (Wildman–Crippen LogP) is 6.90. The van der Waals surface area contributed by atoms with E-state index in [1.165, 1.54) is 46.9 Å². The van der Waals surface area contributed by atoms with Gasteiger partial charge in [-0.1, -0.05) is 37.3 Å². The Bertz CT molecular complexity index is 1340. The third-order valence-corrected chi connectivity index (χ3v) is 7.19. The number of carbonyl (C=O) groups excluding carboxylic acids is 2. The minimum absolute atomic E-state index is 0.135. The fraction of sp³-hybridized carbons (Fsp3) is 0.484. The zero-order valence-electron chi connectivity index (χ0n) is 25.3. The number of benzene rings is 1. The molecule has 0 aromatic heterocycles. The van der Waals surface area contributed by atoms with Crippen molar-refractivity contribution >= 4 is 35.0 Å². The van der Waals surface area contributed by atoms with Crippen LogP contribution in [0.15, 0.2) is 48.3 Å². The standard InChI is InChI=1S/C31H39ClFN5O4/c1-9-22(12-11-21(3)33)17-31(10-2,19-34)13-14-36(7)28(39)27-18-38(29(40)42-30(4,5)6)25-15-23(32)24(37(8)20-35)16-26(25)41-27/h9,11-12,15-16,27H,1,10,13-14,17-18H2,2-8H3. The molecule has 2 amide bonds. The fourth-order valence-corrected chi connectivity index (χ4v) is 4.62. The van der Waals surface area contributed by atoms with Crippen molar-refractivity contribution < 1.29 is 23.5 Å². The molecule has 1 aromatic carbocycles. The molecule has 2 unspecified atom stereocenters. The van der Waals surface area contributed by atoms with Crippen molar-refractivity contribution in [2.75, 3.05) is 37.0 Å². The van der Waals surface area contributed by atoms with Gasteiger partial charge in [0, 0.05) is 26.7 Å². The first-order valence-corrected chi connectivity index (χ1v) is 13.9. The molecule has 1 heterocycles. The highest BCUT2D eigenvalue weighted by Gasteiger charge is 2.39. The molecule has 2 rings (SSSR count). The Balaban J connectivity index is 2.35. The maximum Gasteiger partial charge on any atom is 0.415 e. The number of halogens is 2. The molecular weight excluding hydrogens is 561 g/mol. The van der Waals surface area contributed by atoms with E-state index in [4.69, 9.17) is 21.1 Å². The van der Waals surface area contributed by atoms with Crippen LogP contribution in [0.25, 0.3) is 0 Å². The Morgan fingerprint density at radius 2 is 1.95 bits per heavy atom. The summed E-state index contributed by atoms with van der Waals surface area (Å²) in [6, 6.07) is 5.40. The molecule has 0 N–H and O–H groups in total. The number of fused-ring (bicyclic) bond motifs is 1. The molecule has 1 aliphatic rings. The molecule has 2 atom stereocenters. The van der Waals surface area contributed by atoms with Crippen LogP contribution in [-0.2, 0) is 9.53 Å². The number of ether oxygens (including phenoxy) is 2. The second-order valence-electron chi connectivity index (χ2n) is 11.3. The van der Waals surface area contributed by atoms with Crippen LogP contribution in [-0.4, -0.2) is 55.8 Å². The van der Waals surface area contributed by atoms with Crippen molar-refractivity contribution in [3.8, 4) is 18.0 Å². The fourth-order valence-electron chi connectivity index (χ4n) is 4.34. The molecule has 11 heteroatoms. The van der Waals surface area contributed by atoms with Crippen molar-refractivity contribution in [2.24, 2.45) is 5.41 Å². The van der Waals surface area contributed by atoms with Crippen LogP contribution in [0.1, 0.15) is 53.9 Å². The SMILES string of the molecule is C=CC(=CC=C(C)F)CC(C#N)(CC)CCN(C)C(=O)C1CN(C(=O)OC(C)(C)C)c2cc(Cl)c(N(C)C#N)cc2O1. The van der Waals surface area contributed by atoms with Crippen LogP contribution in [0.2, 0.25) is 5.02 Å². The Hall–Kier alpha value is -4.02. The molecule has 226 valence electrons. The Kier molecular flexibility index (Phi) is 11.6. The summed E-state index contributed by atoms with van der Waals surface area (Å²) >= 11 is 6.42. The number of rotatable bonds is 10. The quantitative estimate of drug-likeness (QED) is 0.163. The van der Waals surface area contributed by atoms with Gasteiger partial charge in [-0.05, 0) is 64.7 Å². The summed E-state index contributed by atoms with van der Waals surface area (Å²) in [7, 11) is 3.13.